The van der Waals surface area contributed by atoms with Crippen LogP contribution < -0.4 is 4.74 Å². The lowest BCUT2D eigenvalue weighted by atomic mass is 9.72. The van der Waals surface area contributed by atoms with Crippen molar-refractivity contribution in [2.45, 2.75) is 83.5 Å². The SMILES string of the molecule is Cc1cc(-c2c3c(nc(C4(C)CCCCC4)c2OC(=O)O)CCCCC3)ccn1. The highest BCUT2D eigenvalue weighted by atomic mass is 16.7. The molecule has 0 unspecified atom stereocenters. The maximum absolute atomic E-state index is 11.7. The number of nitrogens with zero attached hydrogens (tertiary/aromatic N) is 2. The molecule has 0 saturated heterocycles. The molecule has 2 aliphatic rings. The fraction of sp³-hybridized carbons (Fsp3) is 0.542. The molecule has 5 heteroatoms. The van der Waals surface area contributed by atoms with Gasteiger partial charge in [0.2, 0.25) is 0 Å². The van der Waals surface area contributed by atoms with E-state index in [2.05, 4.69) is 11.9 Å². The van der Waals surface area contributed by atoms with E-state index in [0.29, 0.717) is 5.75 Å². The van der Waals surface area contributed by atoms with Crippen molar-refractivity contribution >= 4 is 6.16 Å². The number of aromatic nitrogens is 2. The second kappa shape index (κ2) is 8.13. The van der Waals surface area contributed by atoms with Gasteiger partial charge in [-0.15, -0.1) is 0 Å². The quantitative estimate of drug-likeness (QED) is 0.510. The summed E-state index contributed by atoms with van der Waals surface area (Å²) in [5.74, 6) is 0.452. The van der Waals surface area contributed by atoms with Crippen molar-refractivity contribution in [1.82, 2.24) is 9.97 Å². The molecule has 0 amide bonds. The third-order valence-electron chi connectivity index (χ3n) is 6.58. The zero-order valence-electron chi connectivity index (χ0n) is 17.5. The van der Waals surface area contributed by atoms with Crippen LogP contribution in [0.5, 0.6) is 5.75 Å². The summed E-state index contributed by atoms with van der Waals surface area (Å²) in [6, 6.07) is 4.00. The minimum Gasteiger partial charge on any atom is -0.449 e. The average molecular weight is 395 g/mol. The van der Waals surface area contributed by atoms with E-state index in [1.165, 1.54) is 12.8 Å². The second-order valence-corrected chi connectivity index (χ2v) is 8.83. The molecule has 0 spiro atoms. The van der Waals surface area contributed by atoms with Crippen LogP contribution in [-0.2, 0) is 18.3 Å². The van der Waals surface area contributed by atoms with Gasteiger partial charge in [0.25, 0.3) is 0 Å². The average Bonchev–Trinajstić information content (AvgIpc) is 2.93. The summed E-state index contributed by atoms with van der Waals surface area (Å²) in [6.45, 7) is 4.19. The highest BCUT2D eigenvalue weighted by Crippen LogP contribution is 2.48. The number of hydrogen-bond donors (Lipinski definition) is 1. The summed E-state index contributed by atoms with van der Waals surface area (Å²) in [5.41, 5.74) is 5.79. The summed E-state index contributed by atoms with van der Waals surface area (Å²) in [4.78, 5) is 21.2. The van der Waals surface area contributed by atoms with Crippen LogP contribution in [0, 0.1) is 6.92 Å². The minimum absolute atomic E-state index is 0.152. The number of ether oxygens (including phenoxy) is 1. The largest absolute Gasteiger partial charge is 0.511 e. The maximum atomic E-state index is 11.7. The number of carbonyl (C=O) groups is 1. The third-order valence-corrected chi connectivity index (χ3v) is 6.58. The molecule has 2 aromatic rings. The van der Waals surface area contributed by atoms with E-state index >= 15 is 0 Å². The van der Waals surface area contributed by atoms with Crippen LogP contribution in [0.2, 0.25) is 0 Å². The third kappa shape index (κ3) is 4.00. The van der Waals surface area contributed by atoms with Crippen LogP contribution >= 0.6 is 0 Å². The maximum Gasteiger partial charge on any atom is 0.511 e. The number of fused-ring (bicyclic) bond motifs is 1. The standard InChI is InChI=1S/C24H30N2O3/c1-16-15-17(11-14-25-16)20-18-9-5-3-6-10-19(18)26-22(21(20)29-23(27)28)24(2)12-7-4-8-13-24/h11,14-15H,3-10,12-13H2,1-2H3,(H,27,28). The highest BCUT2D eigenvalue weighted by molar-refractivity contribution is 5.79. The molecule has 2 aromatic heterocycles. The Labute approximate surface area is 172 Å². The predicted molar refractivity (Wildman–Crippen MR) is 113 cm³/mol. The molecule has 0 aliphatic heterocycles. The second-order valence-electron chi connectivity index (χ2n) is 8.83. The molecule has 1 N–H and O–H groups in total. The van der Waals surface area contributed by atoms with Gasteiger partial charge in [-0.2, -0.15) is 0 Å². The van der Waals surface area contributed by atoms with E-state index in [4.69, 9.17) is 9.72 Å². The molecular weight excluding hydrogens is 364 g/mol. The molecule has 154 valence electrons. The fourth-order valence-electron chi connectivity index (χ4n) is 5.07. The molecule has 0 aromatic carbocycles. The number of hydrogen-bond acceptors (Lipinski definition) is 4. The molecule has 4 rings (SSSR count). The van der Waals surface area contributed by atoms with Crippen molar-refractivity contribution in [2.24, 2.45) is 0 Å². The van der Waals surface area contributed by atoms with Crippen molar-refractivity contribution in [3.63, 3.8) is 0 Å². The number of carboxylic acid groups (broad SMARTS) is 1. The van der Waals surface area contributed by atoms with Gasteiger partial charge in [0.05, 0.1) is 5.69 Å². The predicted octanol–water partition coefficient (Wildman–Crippen LogP) is 6.00. The first-order chi connectivity index (χ1) is 14.0. The molecular formula is C24H30N2O3. The molecule has 2 heterocycles. The van der Waals surface area contributed by atoms with Crippen LogP contribution in [0.4, 0.5) is 4.79 Å². The van der Waals surface area contributed by atoms with Crippen molar-refractivity contribution < 1.29 is 14.6 Å². The lowest BCUT2D eigenvalue weighted by Gasteiger charge is -2.35. The first kappa shape index (κ1) is 19.9. The van der Waals surface area contributed by atoms with Crippen molar-refractivity contribution in [1.29, 1.82) is 0 Å². The molecule has 1 saturated carbocycles. The van der Waals surface area contributed by atoms with Gasteiger partial charge in [-0.05, 0) is 68.7 Å². The van der Waals surface area contributed by atoms with Gasteiger partial charge >= 0.3 is 6.16 Å². The van der Waals surface area contributed by atoms with Gasteiger partial charge in [0.15, 0.2) is 5.75 Å². The lowest BCUT2D eigenvalue weighted by molar-refractivity contribution is 0.142. The Kier molecular flexibility index (Phi) is 5.57. The Bertz CT molecular complexity index is 917. The molecule has 0 radical (unpaired) electrons. The van der Waals surface area contributed by atoms with Gasteiger partial charge in [-0.3, -0.25) is 9.97 Å². The van der Waals surface area contributed by atoms with Crippen molar-refractivity contribution in [2.75, 3.05) is 0 Å². The lowest BCUT2D eigenvalue weighted by Crippen LogP contribution is -2.29. The Morgan fingerprint density at radius 2 is 1.83 bits per heavy atom. The first-order valence-electron chi connectivity index (χ1n) is 10.9. The van der Waals surface area contributed by atoms with Gasteiger partial charge in [-0.1, -0.05) is 32.6 Å². The van der Waals surface area contributed by atoms with Crippen LogP contribution in [0.1, 0.15) is 80.9 Å². The molecule has 2 aliphatic carbocycles. The Balaban J connectivity index is 2.01. The number of pyridine rings is 2. The first-order valence-corrected chi connectivity index (χ1v) is 10.9. The van der Waals surface area contributed by atoms with E-state index in [0.717, 1.165) is 85.1 Å². The fourth-order valence-corrected chi connectivity index (χ4v) is 5.07. The topological polar surface area (TPSA) is 72.3 Å². The van der Waals surface area contributed by atoms with Crippen LogP contribution in [-0.4, -0.2) is 21.2 Å². The summed E-state index contributed by atoms with van der Waals surface area (Å²) < 4.78 is 5.53. The molecule has 0 bridgehead atoms. The number of rotatable bonds is 3. The van der Waals surface area contributed by atoms with Crippen molar-refractivity contribution in [3.05, 3.63) is 41.0 Å². The zero-order valence-corrected chi connectivity index (χ0v) is 17.5. The van der Waals surface area contributed by atoms with E-state index < -0.39 is 6.16 Å². The van der Waals surface area contributed by atoms with Crippen LogP contribution in [0.25, 0.3) is 11.1 Å². The van der Waals surface area contributed by atoms with Crippen molar-refractivity contribution in [3.8, 4) is 16.9 Å². The van der Waals surface area contributed by atoms with Gasteiger partial charge in [0, 0.05) is 28.6 Å². The number of aryl methyl sites for hydroxylation is 2. The monoisotopic (exact) mass is 394 g/mol. The molecule has 29 heavy (non-hydrogen) atoms. The summed E-state index contributed by atoms with van der Waals surface area (Å²) in [6.07, 6.45) is 11.3. The van der Waals surface area contributed by atoms with Crippen LogP contribution in [0.3, 0.4) is 0 Å². The smallest absolute Gasteiger partial charge is 0.449 e. The Morgan fingerprint density at radius 3 is 2.55 bits per heavy atom. The Morgan fingerprint density at radius 1 is 1.10 bits per heavy atom. The summed E-state index contributed by atoms with van der Waals surface area (Å²) in [7, 11) is 0. The van der Waals surface area contributed by atoms with Gasteiger partial charge in [-0.25, -0.2) is 4.79 Å². The van der Waals surface area contributed by atoms with Gasteiger partial charge in [0.1, 0.15) is 0 Å². The van der Waals surface area contributed by atoms with E-state index in [-0.39, 0.29) is 5.41 Å². The highest BCUT2D eigenvalue weighted by Gasteiger charge is 2.37. The molecule has 5 nitrogen and oxygen atoms in total. The van der Waals surface area contributed by atoms with E-state index in [9.17, 15) is 9.90 Å². The van der Waals surface area contributed by atoms with Gasteiger partial charge < -0.3 is 9.84 Å². The molecule has 1 fully saturated rings. The van der Waals surface area contributed by atoms with E-state index in [1.807, 2.05) is 19.1 Å². The zero-order chi connectivity index (χ0) is 20.4. The summed E-state index contributed by atoms with van der Waals surface area (Å²) in [5, 5.41) is 9.60. The molecule has 0 atom stereocenters. The van der Waals surface area contributed by atoms with E-state index in [1.54, 1.807) is 6.20 Å². The van der Waals surface area contributed by atoms with Crippen LogP contribution in [0.15, 0.2) is 18.3 Å². The Hall–Kier alpha value is -2.43. The summed E-state index contributed by atoms with van der Waals surface area (Å²) >= 11 is 0. The minimum atomic E-state index is -1.27. The normalized spacial score (nSPS) is 18.6.